The van der Waals surface area contributed by atoms with Crippen LogP contribution < -0.4 is 17.2 Å². The number of benzene rings is 1. The number of carbonyl (C=O) groups is 2. The highest BCUT2D eigenvalue weighted by atomic mass is 16.6. The van der Waals surface area contributed by atoms with E-state index in [0.717, 1.165) is 12.1 Å². The van der Waals surface area contributed by atoms with Gasteiger partial charge in [-0.3, -0.25) is 19.7 Å². The topological polar surface area (TPSA) is 155 Å². The summed E-state index contributed by atoms with van der Waals surface area (Å²) in [6.07, 6.45) is 0. The van der Waals surface area contributed by atoms with Crippen LogP contribution in [0, 0.1) is 10.1 Å². The van der Waals surface area contributed by atoms with Gasteiger partial charge in [0.25, 0.3) is 11.6 Å². The fourth-order valence-corrected chi connectivity index (χ4v) is 1.14. The molecule has 0 saturated heterocycles. The van der Waals surface area contributed by atoms with E-state index in [1.54, 1.807) is 0 Å². The van der Waals surface area contributed by atoms with Crippen LogP contribution in [0.3, 0.4) is 0 Å². The molecule has 0 heterocycles. The minimum Gasteiger partial charge on any atom is -0.393 e. The van der Waals surface area contributed by atoms with Crippen molar-refractivity contribution in [2.45, 2.75) is 0 Å². The summed E-state index contributed by atoms with van der Waals surface area (Å²) in [6, 6.07) is 1.91. The highest BCUT2D eigenvalue weighted by Gasteiger charge is 2.21. The fourth-order valence-electron chi connectivity index (χ4n) is 1.14. The lowest BCUT2D eigenvalue weighted by molar-refractivity contribution is -0.383. The summed E-state index contributed by atoms with van der Waals surface area (Å²) in [5.41, 5.74) is 13.8. The Kier molecular flexibility index (Phi) is 2.75. The number of nitrogen functional groups attached to an aromatic ring is 1. The van der Waals surface area contributed by atoms with Gasteiger partial charge in [-0.05, 0) is 6.07 Å². The lowest BCUT2D eigenvalue weighted by atomic mass is 10.1. The van der Waals surface area contributed by atoms with Crippen LogP contribution in [0.1, 0.15) is 20.7 Å². The Morgan fingerprint density at radius 3 is 2.12 bits per heavy atom. The van der Waals surface area contributed by atoms with E-state index >= 15 is 0 Å². The van der Waals surface area contributed by atoms with E-state index in [2.05, 4.69) is 0 Å². The van der Waals surface area contributed by atoms with Gasteiger partial charge in [0.2, 0.25) is 5.91 Å². The first-order chi connectivity index (χ1) is 7.34. The van der Waals surface area contributed by atoms with Crippen LogP contribution in [-0.4, -0.2) is 16.7 Å². The molecule has 0 saturated carbocycles. The Morgan fingerprint density at radius 2 is 1.75 bits per heavy atom. The van der Waals surface area contributed by atoms with Crippen molar-refractivity contribution in [2.75, 3.05) is 5.73 Å². The van der Waals surface area contributed by atoms with E-state index in [9.17, 15) is 19.7 Å². The molecular formula is C8H8N4O4. The Labute approximate surface area is 89.2 Å². The van der Waals surface area contributed by atoms with Crippen molar-refractivity contribution in [2.24, 2.45) is 11.5 Å². The van der Waals surface area contributed by atoms with Gasteiger partial charge in [-0.15, -0.1) is 0 Å². The largest absolute Gasteiger partial charge is 0.393 e. The van der Waals surface area contributed by atoms with E-state index < -0.39 is 22.4 Å². The van der Waals surface area contributed by atoms with Crippen molar-refractivity contribution in [3.05, 3.63) is 33.4 Å². The van der Waals surface area contributed by atoms with Crippen LogP contribution >= 0.6 is 0 Å². The highest BCUT2D eigenvalue weighted by Crippen LogP contribution is 2.26. The van der Waals surface area contributed by atoms with E-state index in [4.69, 9.17) is 17.2 Å². The van der Waals surface area contributed by atoms with Gasteiger partial charge in [-0.25, -0.2) is 0 Å². The van der Waals surface area contributed by atoms with Crippen molar-refractivity contribution in [3.63, 3.8) is 0 Å². The summed E-state index contributed by atoms with van der Waals surface area (Å²) in [7, 11) is 0. The molecule has 0 aromatic heterocycles. The molecule has 0 radical (unpaired) electrons. The molecule has 1 aromatic carbocycles. The summed E-state index contributed by atoms with van der Waals surface area (Å²) >= 11 is 0. The number of nitrogens with two attached hydrogens (primary N) is 3. The fraction of sp³-hybridized carbons (Fsp3) is 0. The van der Waals surface area contributed by atoms with Crippen LogP contribution in [-0.2, 0) is 0 Å². The third kappa shape index (κ3) is 1.90. The molecule has 16 heavy (non-hydrogen) atoms. The monoisotopic (exact) mass is 224 g/mol. The van der Waals surface area contributed by atoms with Crippen LogP contribution in [0.4, 0.5) is 11.4 Å². The van der Waals surface area contributed by atoms with Crippen LogP contribution in [0.15, 0.2) is 12.1 Å². The molecule has 0 fully saturated rings. The van der Waals surface area contributed by atoms with E-state index in [-0.39, 0.29) is 16.8 Å². The van der Waals surface area contributed by atoms with Gasteiger partial charge in [-0.2, -0.15) is 0 Å². The number of anilines is 1. The van der Waals surface area contributed by atoms with Gasteiger partial charge < -0.3 is 17.2 Å². The lowest BCUT2D eigenvalue weighted by Crippen LogP contribution is -2.18. The molecule has 0 unspecified atom stereocenters. The van der Waals surface area contributed by atoms with Crippen molar-refractivity contribution in [3.8, 4) is 0 Å². The maximum absolute atomic E-state index is 10.9. The molecular weight excluding hydrogens is 216 g/mol. The SMILES string of the molecule is NC(=O)c1cc(C(N)=O)c(N)c([N+](=O)[O-])c1. The molecule has 1 aromatic rings. The molecule has 84 valence electrons. The van der Waals surface area contributed by atoms with Crippen LogP contribution in [0.5, 0.6) is 0 Å². The maximum Gasteiger partial charge on any atom is 0.293 e. The molecule has 0 spiro atoms. The number of rotatable bonds is 3. The molecule has 2 amide bonds. The number of nitro benzene ring substituents is 1. The average molecular weight is 224 g/mol. The number of nitrogens with zero attached hydrogens (tertiary/aromatic N) is 1. The molecule has 0 aliphatic heterocycles. The first-order valence-corrected chi connectivity index (χ1v) is 4.02. The van der Waals surface area contributed by atoms with E-state index in [0.29, 0.717) is 0 Å². The molecule has 8 heteroatoms. The summed E-state index contributed by atoms with van der Waals surface area (Å²) in [4.78, 5) is 31.6. The summed E-state index contributed by atoms with van der Waals surface area (Å²) < 4.78 is 0. The van der Waals surface area contributed by atoms with Crippen LogP contribution in [0.2, 0.25) is 0 Å². The smallest absolute Gasteiger partial charge is 0.293 e. The molecule has 0 aliphatic carbocycles. The Bertz CT molecular complexity index is 462. The summed E-state index contributed by atoms with van der Waals surface area (Å²) in [5.74, 6) is -1.88. The first-order valence-electron chi connectivity index (χ1n) is 4.02. The molecule has 0 bridgehead atoms. The second-order valence-corrected chi connectivity index (χ2v) is 2.94. The standard InChI is InChI=1S/C8H8N4O4/c9-6-4(8(11)14)1-3(7(10)13)2-5(6)12(15)16/h1-2H,9H2,(H2,10,13)(H2,11,14). The zero-order valence-corrected chi connectivity index (χ0v) is 7.97. The predicted octanol–water partition coefficient (Wildman–Crippen LogP) is -0.625. The zero-order chi connectivity index (χ0) is 12.5. The Hall–Kier alpha value is -2.64. The Morgan fingerprint density at radius 1 is 1.19 bits per heavy atom. The number of nitro groups is 1. The number of primary amides is 2. The van der Waals surface area contributed by atoms with Crippen molar-refractivity contribution in [1.82, 2.24) is 0 Å². The van der Waals surface area contributed by atoms with Gasteiger partial charge in [-0.1, -0.05) is 0 Å². The molecule has 0 atom stereocenters. The molecule has 0 aliphatic rings. The minimum absolute atomic E-state index is 0.199. The van der Waals surface area contributed by atoms with E-state index in [1.807, 2.05) is 0 Å². The first kappa shape index (κ1) is 11.4. The summed E-state index contributed by atoms with van der Waals surface area (Å²) in [6.45, 7) is 0. The summed E-state index contributed by atoms with van der Waals surface area (Å²) in [5, 5.41) is 10.6. The number of carbonyl (C=O) groups excluding carboxylic acids is 2. The molecule has 6 N–H and O–H groups in total. The maximum atomic E-state index is 10.9. The number of amides is 2. The van der Waals surface area contributed by atoms with Crippen molar-refractivity contribution in [1.29, 1.82) is 0 Å². The predicted molar refractivity (Wildman–Crippen MR) is 54.5 cm³/mol. The van der Waals surface area contributed by atoms with Crippen LogP contribution in [0.25, 0.3) is 0 Å². The Balaban J connectivity index is 3.57. The average Bonchev–Trinajstić information content (AvgIpc) is 2.16. The van der Waals surface area contributed by atoms with Gasteiger partial charge >= 0.3 is 0 Å². The normalized spacial score (nSPS) is 9.75. The minimum atomic E-state index is -0.969. The van der Waals surface area contributed by atoms with E-state index in [1.165, 1.54) is 0 Å². The molecule has 8 nitrogen and oxygen atoms in total. The highest BCUT2D eigenvalue weighted by molar-refractivity contribution is 6.04. The van der Waals surface area contributed by atoms with Gasteiger partial charge in [0, 0.05) is 11.6 Å². The lowest BCUT2D eigenvalue weighted by Gasteiger charge is -2.04. The number of hydrogen-bond acceptors (Lipinski definition) is 5. The van der Waals surface area contributed by atoms with Gasteiger partial charge in [0.05, 0.1) is 10.5 Å². The third-order valence-electron chi connectivity index (χ3n) is 1.90. The van der Waals surface area contributed by atoms with Gasteiger partial charge in [0.1, 0.15) is 5.69 Å². The van der Waals surface area contributed by atoms with Crippen molar-refractivity contribution >= 4 is 23.2 Å². The third-order valence-corrected chi connectivity index (χ3v) is 1.90. The number of hydrogen-bond donors (Lipinski definition) is 3. The zero-order valence-electron chi connectivity index (χ0n) is 7.97. The molecule has 1 rings (SSSR count). The van der Waals surface area contributed by atoms with Crippen molar-refractivity contribution < 1.29 is 14.5 Å². The quantitative estimate of drug-likeness (QED) is 0.354. The second kappa shape index (κ2) is 3.85. The second-order valence-electron chi connectivity index (χ2n) is 2.94. The van der Waals surface area contributed by atoms with Gasteiger partial charge in [0.15, 0.2) is 0 Å².